The Morgan fingerprint density at radius 3 is 3.08 bits per heavy atom. The number of methoxy groups -OCH3 is 1. The molecule has 1 fully saturated rings. The lowest BCUT2D eigenvalue weighted by Crippen LogP contribution is -2.42. The zero-order valence-electron chi connectivity index (χ0n) is 7.04. The van der Waals surface area contributed by atoms with Crippen molar-refractivity contribution < 1.29 is 9.26 Å². The van der Waals surface area contributed by atoms with Gasteiger partial charge in [0, 0.05) is 12.5 Å². The van der Waals surface area contributed by atoms with E-state index in [2.05, 4.69) is 10.5 Å². The number of rotatable bonds is 3. The first kappa shape index (κ1) is 7.61. The number of nitrogens with one attached hydrogen (secondary N) is 1. The second-order valence-electron chi connectivity index (χ2n) is 3.06. The van der Waals surface area contributed by atoms with Crippen LogP contribution in [0.3, 0.4) is 0 Å². The number of nitrogens with zero attached hydrogens (tertiary/aromatic N) is 1. The van der Waals surface area contributed by atoms with Crippen LogP contribution in [0.15, 0.2) is 10.6 Å². The standard InChI is InChI=1S/C8H12N2O2/c1-11-8-3-7(12-10-8)2-6-4-9-5-6/h3,6,9H,2,4-5H2,1H3. The molecule has 12 heavy (non-hydrogen) atoms. The lowest BCUT2D eigenvalue weighted by Gasteiger charge is -2.25. The average molecular weight is 168 g/mol. The maximum absolute atomic E-state index is 5.06. The largest absolute Gasteiger partial charge is 0.479 e. The molecule has 0 aliphatic carbocycles. The zero-order chi connectivity index (χ0) is 8.39. The summed E-state index contributed by atoms with van der Waals surface area (Å²) in [6, 6.07) is 1.85. The van der Waals surface area contributed by atoms with Gasteiger partial charge in [0.05, 0.1) is 7.11 Å². The first-order valence-electron chi connectivity index (χ1n) is 4.09. The van der Waals surface area contributed by atoms with Gasteiger partial charge in [-0.3, -0.25) is 0 Å². The number of ether oxygens (including phenoxy) is 1. The molecule has 1 aromatic rings. The van der Waals surface area contributed by atoms with E-state index >= 15 is 0 Å². The second-order valence-corrected chi connectivity index (χ2v) is 3.06. The van der Waals surface area contributed by atoms with Gasteiger partial charge in [0.25, 0.3) is 5.88 Å². The molecule has 0 spiro atoms. The van der Waals surface area contributed by atoms with E-state index in [1.807, 2.05) is 6.07 Å². The molecular formula is C8H12N2O2. The van der Waals surface area contributed by atoms with Crippen LogP contribution in [0.2, 0.25) is 0 Å². The quantitative estimate of drug-likeness (QED) is 0.711. The summed E-state index contributed by atoms with van der Waals surface area (Å²) < 4.78 is 9.97. The van der Waals surface area contributed by atoms with E-state index in [-0.39, 0.29) is 0 Å². The Kier molecular flexibility index (Phi) is 1.99. The SMILES string of the molecule is COc1cc(CC2CNC2)on1. The lowest BCUT2D eigenvalue weighted by atomic mass is 9.98. The smallest absolute Gasteiger partial charge is 0.254 e. The highest BCUT2D eigenvalue weighted by Gasteiger charge is 2.19. The average Bonchev–Trinajstić information content (AvgIpc) is 2.44. The van der Waals surface area contributed by atoms with Crippen LogP contribution >= 0.6 is 0 Å². The van der Waals surface area contributed by atoms with Crippen LogP contribution in [0.1, 0.15) is 5.76 Å². The Labute approximate surface area is 70.9 Å². The van der Waals surface area contributed by atoms with Crippen molar-refractivity contribution in [2.45, 2.75) is 6.42 Å². The predicted octanol–water partition coefficient (Wildman–Crippen LogP) is 0.445. The summed E-state index contributed by atoms with van der Waals surface area (Å²) in [4.78, 5) is 0. The minimum Gasteiger partial charge on any atom is -0.479 e. The monoisotopic (exact) mass is 168 g/mol. The van der Waals surface area contributed by atoms with E-state index in [0.29, 0.717) is 11.8 Å². The Balaban J connectivity index is 1.93. The molecule has 1 aliphatic heterocycles. The Bertz CT molecular complexity index is 255. The van der Waals surface area contributed by atoms with Crippen molar-refractivity contribution in [3.63, 3.8) is 0 Å². The molecule has 4 nitrogen and oxygen atoms in total. The Morgan fingerprint density at radius 1 is 1.75 bits per heavy atom. The van der Waals surface area contributed by atoms with Crippen molar-refractivity contribution in [2.75, 3.05) is 20.2 Å². The number of hydrogen-bond acceptors (Lipinski definition) is 4. The van der Waals surface area contributed by atoms with Crippen molar-refractivity contribution >= 4 is 0 Å². The molecule has 2 heterocycles. The van der Waals surface area contributed by atoms with E-state index in [9.17, 15) is 0 Å². The summed E-state index contributed by atoms with van der Waals surface area (Å²) in [5.41, 5.74) is 0. The number of aromatic nitrogens is 1. The van der Waals surface area contributed by atoms with Crippen LogP contribution in [0, 0.1) is 5.92 Å². The maximum Gasteiger partial charge on any atom is 0.254 e. The van der Waals surface area contributed by atoms with Gasteiger partial charge in [-0.05, 0) is 24.2 Å². The molecule has 1 aliphatic rings. The van der Waals surface area contributed by atoms with Gasteiger partial charge >= 0.3 is 0 Å². The van der Waals surface area contributed by atoms with Crippen molar-refractivity contribution in [1.82, 2.24) is 10.5 Å². The molecule has 0 atom stereocenters. The normalized spacial score (nSPS) is 17.4. The molecular weight excluding hydrogens is 156 g/mol. The summed E-state index contributed by atoms with van der Waals surface area (Å²) in [6.45, 7) is 2.17. The molecule has 66 valence electrons. The van der Waals surface area contributed by atoms with Gasteiger partial charge in [-0.2, -0.15) is 0 Å². The van der Waals surface area contributed by atoms with Crippen LogP contribution in [0.4, 0.5) is 0 Å². The third-order valence-corrected chi connectivity index (χ3v) is 2.10. The summed E-state index contributed by atoms with van der Waals surface area (Å²) in [6.07, 6.45) is 0.962. The third-order valence-electron chi connectivity index (χ3n) is 2.10. The van der Waals surface area contributed by atoms with E-state index in [0.717, 1.165) is 25.3 Å². The molecule has 1 aromatic heterocycles. The third kappa shape index (κ3) is 1.43. The van der Waals surface area contributed by atoms with Gasteiger partial charge < -0.3 is 14.6 Å². The molecule has 0 aromatic carbocycles. The molecule has 0 saturated carbocycles. The molecule has 4 heteroatoms. The van der Waals surface area contributed by atoms with Crippen LogP contribution in [-0.4, -0.2) is 25.4 Å². The first-order valence-corrected chi connectivity index (χ1v) is 4.09. The summed E-state index contributed by atoms with van der Waals surface area (Å²) in [5, 5.41) is 6.94. The van der Waals surface area contributed by atoms with Crippen LogP contribution in [-0.2, 0) is 6.42 Å². The summed E-state index contributed by atoms with van der Waals surface area (Å²) >= 11 is 0. The fraction of sp³-hybridized carbons (Fsp3) is 0.625. The molecule has 1 N–H and O–H groups in total. The lowest BCUT2D eigenvalue weighted by molar-refractivity contribution is 0.289. The highest BCUT2D eigenvalue weighted by Crippen LogP contribution is 2.16. The van der Waals surface area contributed by atoms with Crippen molar-refractivity contribution in [3.05, 3.63) is 11.8 Å². The molecule has 0 amide bonds. The van der Waals surface area contributed by atoms with Gasteiger partial charge in [0.2, 0.25) is 0 Å². The van der Waals surface area contributed by atoms with E-state index < -0.39 is 0 Å². The molecule has 0 radical (unpaired) electrons. The first-order chi connectivity index (χ1) is 5.88. The van der Waals surface area contributed by atoms with E-state index in [4.69, 9.17) is 9.26 Å². The fourth-order valence-electron chi connectivity index (χ4n) is 1.26. The highest BCUT2D eigenvalue weighted by atomic mass is 16.5. The van der Waals surface area contributed by atoms with Gasteiger partial charge in [0.15, 0.2) is 0 Å². The Hall–Kier alpha value is -1.03. The van der Waals surface area contributed by atoms with Crippen LogP contribution < -0.4 is 10.1 Å². The van der Waals surface area contributed by atoms with Crippen molar-refractivity contribution in [2.24, 2.45) is 5.92 Å². The number of hydrogen-bond donors (Lipinski definition) is 1. The van der Waals surface area contributed by atoms with Gasteiger partial charge in [-0.15, -0.1) is 0 Å². The van der Waals surface area contributed by atoms with Crippen LogP contribution in [0.25, 0.3) is 0 Å². The van der Waals surface area contributed by atoms with Crippen LogP contribution in [0.5, 0.6) is 5.88 Å². The minimum absolute atomic E-state index is 0.567. The zero-order valence-corrected chi connectivity index (χ0v) is 7.04. The minimum atomic E-state index is 0.567. The van der Waals surface area contributed by atoms with E-state index in [1.54, 1.807) is 7.11 Å². The molecule has 0 unspecified atom stereocenters. The molecule has 2 rings (SSSR count). The Morgan fingerprint density at radius 2 is 2.58 bits per heavy atom. The van der Waals surface area contributed by atoms with Crippen molar-refractivity contribution in [3.8, 4) is 5.88 Å². The molecule has 0 bridgehead atoms. The van der Waals surface area contributed by atoms with Gasteiger partial charge in [0.1, 0.15) is 5.76 Å². The second kappa shape index (κ2) is 3.15. The summed E-state index contributed by atoms with van der Waals surface area (Å²) in [7, 11) is 1.59. The highest BCUT2D eigenvalue weighted by molar-refractivity contribution is 5.11. The van der Waals surface area contributed by atoms with Crippen molar-refractivity contribution in [1.29, 1.82) is 0 Å². The topological polar surface area (TPSA) is 47.3 Å². The summed E-state index contributed by atoms with van der Waals surface area (Å²) in [5.74, 6) is 2.19. The fourth-order valence-corrected chi connectivity index (χ4v) is 1.26. The van der Waals surface area contributed by atoms with Gasteiger partial charge in [-0.25, -0.2) is 0 Å². The van der Waals surface area contributed by atoms with E-state index in [1.165, 1.54) is 0 Å². The maximum atomic E-state index is 5.06. The molecule has 1 saturated heterocycles. The predicted molar refractivity (Wildman–Crippen MR) is 43.1 cm³/mol. The van der Waals surface area contributed by atoms with Gasteiger partial charge in [-0.1, -0.05) is 0 Å².